The summed E-state index contributed by atoms with van der Waals surface area (Å²) in [6.07, 6.45) is 9.07. The van der Waals surface area contributed by atoms with Gasteiger partial charge in [0.2, 0.25) is 0 Å². The topological polar surface area (TPSA) is 17.1 Å². The Labute approximate surface area is 170 Å². The van der Waals surface area contributed by atoms with Crippen molar-refractivity contribution in [2.75, 3.05) is 0 Å². The molecule has 0 saturated carbocycles. The normalized spacial score (nSPS) is 19.4. The molecule has 0 amide bonds. The lowest BCUT2D eigenvalue weighted by atomic mass is 9.68. The van der Waals surface area contributed by atoms with E-state index in [9.17, 15) is 4.79 Å². The van der Waals surface area contributed by atoms with E-state index in [4.69, 9.17) is 0 Å². The summed E-state index contributed by atoms with van der Waals surface area (Å²) in [5, 5.41) is 0. The van der Waals surface area contributed by atoms with Gasteiger partial charge >= 0.3 is 0 Å². The summed E-state index contributed by atoms with van der Waals surface area (Å²) >= 11 is 0. The van der Waals surface area contributed by atoms with Gasteiger partial charge < -0.3 is 0 Å². The zero-order valence-electron chi connectivity index (χ0n) is 17.6. The van der Waals surface area contributed by atoms with Crippen LogP contribution < -0.4 is 0 Å². The van der Waals surface area contributed by atoms with E-state index in [0.717, 1.165) is 6.42 Å². The van der Waals surface area contributed by atoms with Crippen molar-refractivity contribution in [3.05, 3.63) is 95.6 Å². The van der Waals surface area contributed by atoms with Gasteiger partial charge in [-0.15, -0.1) is 0 Å². The summed E-state index contributed by atoms with van der Waals surface area (Å²) < 4.78 is 0. The van der Waals surface area contributed by atoms with Gasteiger partial charge in [-0.25, -0.2) is 0 Å². The highest BCUT2D eigenvalue weighted by Crippen LogP contribution is 2.42. The fraction of sp³-hybridized carbons (Fsp3) is 0.370. The number of rotatable bonds is 6. The summed E-state index contributed by atoms with van der Waals surface area (Å²) in [6.45, 7) is 8.99. The molecular weight excluding hydrogens is 340 g/mol. The monoisotopic (exact) mass is 372 g/mol. The second-order valence-corrected chi connectivity index (χ2v) is 9.02. The maximum atomic E-state index is 13.1. The van der Waals surface area contributed by atoms with Crippen LogP contribution >= 0.6 is 0 Å². The lowest BCUT2D eigenvalue weighted by molar-refractivity contribution is -0.115. The molecule has 1 aliphatic rings. The fourth-order valence-corrected chi connectivity index (χ4v) is 4.58. The SMILES string of the molecule is CC1=CCCC(C)(C)C1/C=C/C(=O)CC(C)(c1ccccc1)c1ccccc1. The van der Waals surface area contributed by atoms with Crippen LogP contribution in [-0.2, 0) is 10.2 Å². The van der Waals surface area contributed by atoms with E-state index >= 15 is 0 Å². The van der Waals surface area contributed by atoms with Crippen molar-refractivity contribution in [2.24, 2.45) is 11.3 Å². The molecular formula is C27H32O. The summed E-state index contributed by atoms with van der Waals surface area (Å²) in [5.41, 5.74) is 3.61. The van der Waals surface area contributed by atoms with Crippen molar-refractivity contribution in [2.45, 2.75) is 52.4 Å². The van der Waals surface area contributed by atoms with Crippen molar-refractivity contribution in [3.8, 4) is 0 Å². The minimum Gasteiger partial charge on any atom is -0.295 e. The predicted octanol–water partition coefficient (Wildman–Crippen LogP) is 6.89. The minimum atomic E-state index is -0.336. The fourth-order valence-electron chi connectivity index (χ4n) is 4.58. The number of carbonyl (C=O) groups excluding carboxylic acids is 1. The van der Waals surface area contributed by atoms with E-state index in [1.807, 2.05) is 18.2 Å². The van der Waals surface area contributed by atoms with Gasteiger partial charge in [0.1, 0.15) is 0 Å². The van der Waals surface area contributed by atoms with Crippen LogP contribution in [0.2, 0.25) is 0 Å². The molecule has 0 bridgehead atoms. The number of hydrogen-bond acceptors (Lipinski definition) is 1. The molecule has 0 heterocycles. The van der Waals surface area contributed by atoms with Crippen LogP contribution in [0.25, 0.3) is 0 Å². The predicted molar refractivity (Wildman–Crippen MR) is 118 cm³/mol. The van der Waals surface area contributed by atoms with Crippen LogP contribution in [-0.4, -0.2) is 5.78 Å². The number of ketones is 1. The van der Waals surface area contributed by atoms with Crippen LogP contribution in [0, 0.1) is 11.3 Å². The molecule has 0 aliphatic heterocycles. The highest BCUT2D eigenvalue weighted by molar-refractivity contribution is 5.91. The first-order valence-electron chi connectivity index (χ1n) is 10.3. The van der Waals surface area contributed by atoms with Crippen molar-refractivity contribution in [1.29, 1.82) is 0 Å². The molecule has 1 heteroatoms. The third kappa shape index (κ3) is 4.35. The molecule has 1 atom stereocenters. The Morgan fingerprint density at radius 3 is 2.07 bits per heavy atom. The molecule has 1 nitrogen and oxygen atoms in total. The first-order valence-corrected chi connectivity index (χ1v) is 10.3. The molecule has 1 aliphatic carbocycles. The van der Waals surface area contributed by atoms with Gasteiger partial charge in [0.05, 0.1) is 0 Å². The lowest BCUT2D eigenvalue weighted by Crippen LogP contribution is -2.28. The summed E-state index contributed by atoms with van der Waals surface area (Å²) in [5.74, 6) is 0.522. The van der Waals surface area contributed by atoms with E-state index in [-0.39, 0.29) is 16.6 Å². The van der Waals surface area contributed by atoms with Crippen LogP contribution in [0.3, 0.4) is 0 Å². The van der Waals surface area contributed by atoms with Gasteiger partial charge in [-0.05, 0) is 42.4 Å². The van der Waals surface area contributed by atoms with E-state index < -0.39 is 0 Å². The van der Waals surface area contributed by atoms with Gasteiger partial charge in [0.25, 0.3) is 0 Å². The molecule has 0 fully saturated rings. The Balaban J connectivity index is 1.87. The first-order chi connectivity index (χ1) is 13.3. The first kappa shape index (κ1) is 20.3. The Kier molecular flexibility index (Phi) is 6.03. The molecule has 2 aromatic rings. The van der Waals surface area contributed by atoms with E-state index in [2.05, 4.69) is 88.4 Å². The van der Waals surface area contributed by atoms with Crippen molar-refractivity contribution >= 4 is 5.78 Å². The molecule has 2 aromatic carbocycles. The van der Waals surface area contributed by atoms with Crippen LogP contribution in [0.5, 0.6) is 0 Å². The van der Waals surface area contributed by atoms with Gasteiger partial charge in [-0.3, -0.25) is 4.79 Å². The molecule has 0 aromatic heterocycles. The maximum Gasteiger partial charge on any atom is 0.156 e. The van der Waals surface area contributed by atoms with Gasteiger partial charge in [0.15, 0.2) is 5.78 Å². The third-order valence-corrected chi connectivity index (χ3v) is 6.41. The largest absolute Gasteiger partial charge is 0.295 e. The van der Waals surface area contributed by atoms with E-state index in [1.54, 1.807) is 0 Å². The zero-order valence-corrected chi connectivity index (χ0v) is 17.6. The summed E-state index contributed by atoms with van der Waals surface area (Å²) in [6, 6.07) is 20.8. The molecule has 0 N–H and O–H groups in total. The van der Waals surface area contributed by atoms with Gasteiger partial charge in [-0.1, -0.05) is 99.2 Å². The molecule has 3 rings (SSSR count). The van der Waals surface area contributed by atoms with Crippen LogP contribution in [0.15, 0.2) is 84.5 Å². The van der Waals surface area contributed by atoms with Crippen molar-refractivity contribution in [1.82, 2.24) is 0 Å². The van der Waals surface area contributed by atoms with E-state index in [1.165, 1.54) is 23.1 Å². The second kappa shape index (κ2) is 8.31. The average Bonchev–Trinajstić information content (AvgIpc) is 2.68. The van der Waals surface area contributed by atoms with Gasteiger partial charge in [0, 0.05) is 17.8 Å². The maximum absolute atomic E-state index is 13.1. The molecule has 28 heavy (non-hydrogen) atoms. The van der Waals surface area contributed by atoms with Gasteiger partial charge in [-0.2, -0.15) is 0 Å². The number of hydrogen-bond donors (Lipinski definition) is 0. The van der Waals surface area contributed by atoms with Crippen molar-refractivity contribution in [3.63, 3.8) is 0 Å². The Morgan fingerprint density at radius 1 is 1.04 bits per heavy atom. The minimum absolute atomic E-state index is 0.185. The second-order valence-electron chi connectivity index (χ2n) is 9.02. The zero-order chi connectivity index (χ0) is 20.2. The highest BCUT2D eigenvalue weighted by Gasteiger charge is 2.33. The summed E-state index contributed by atoms with van der Waals surface area (Å²) in [4.78, 5) is 13.1. The average molecular weight is 373 g/mol. The lowest BCUT2D eigenvalue weighted by Gasteiger charge is -2.36. The number of allylic oxidation sites excluding steroid dienone is 4. The third-order valence-electron chi connectivity index (χ3n) is 6.41. The van der Waals surface area contributed by atoms with Crippen LogP contribution in [0.1, 0.15) is 58.1 Å². The number of carbonyl (C=O) groups is 1. The molecule has 1 unspecified atom stereocenters. The quantitative estimate of drug-likeness (QED) is 0.398. The van der Waals surface area contributed by atoms with Crippen LogP contribution in [0.4, 0.5) is 0 Å². The summed E-state index contributed by atoms with van der Waals surface area (Å²) in [7, 11) is 0. The Bertz CT molecular complexity index is 816. The molecule has 0 spiro atoms. The molecule has 0 radical (unpaired) electrons. The smallest absolute Gasteiger partial charge is 0.156 e. The van der Waals surface area contributed by atoms with Crippen molar-refractivity contribution < 1.29 is 4.79 Å². The van der Waals surface area contributed by atoms with E-state index in [0.29, 0.717) is 12.3 Å². The molecule has 0 saturated heterocycles. The number of benzene rings is 2. The standard InChI is InChI=1S/C27H32O/c1-21-12-11-19-26(2,3)25(21)18-17-24(28)20-27(4,22-13-7-5-8-14-22)23-15-9-6-10-16-23/h5-10,12-18,25H,11,19-20H2,1-4H3/b18-17+. The Morgan fingerprint density at radius 2 is 1.57 bits per heavy atom. The molecule has 146 valence electrons. The highest BCUT2D eigenvalue weighted by atomic mass is 16.1. The Hall–Kier alpha value is -2.41.